The van der Waals surface area contributed by atoms with Gasteiger partial charge in [0, 0.05) is 19.6 Å². The van der Waals surface area contributed by atoms with Crippen molar-refractivity contribution < 1.29 is 30.0 Å². The highest BCUT2D eigenvalue weighted by atomic mass is 16.5. The largest absolute Gasteiger partial charge is 0.507 e. The van der Waals surface area contributed by atoms with Crippen LogP contribution in [0.15, 0.2) is 24.3 Å². The number of aliphatic hydroxyl groups excluding tert-OH is 3. The first kappa shape index (κ1) is 20.3. The van der Waals surface area contributed by atoms with E-state index >= 15 is 0 Å². The minimum atomic E-state index is -0.490. The van der Waals surface area contributed by atoms with Gasteiger partial charge in [0.1, 0.15) is 11.3 Å². The van der Waals surface area contributed by atoms with Gasteiger partial charge < -0.3 is 25.2 Å². The van der Waals surface area contributed by atoms with Crippen LogP contribution >= 0.6 is 0 Å². The van der Waals surface area contributed by atoms with E-state index in [-0.39, 0.29) is 31.1 Å². The predicted molar refractivity (Wildman–Crippen MR) is 81.8 cm³/mol. The molecule has 0 spiro atoms. The molecular formula is C15H25NO6. The maximum absolute atomic E-state index is 11.1. The van der Waals surface area contributed by atoms with E-state index in [9.17, 15) is 9.90 Å². The van der Waals surface area contributed by atoms with Crippen LogP contribution < -0.4 is 0 Å². The average Bonchev–Trinajstić information content (AvgIpc) is 2.49. The summed E-state index contributed by atoms with van der Waals surface area (Å²) in [6.07, 6.45) is 0. The summed E-state index contributed by atoms with van der Waals surface area (Å²) < 4.78 is 4.71. The van der Waals surface area contributed by atoms with Gasteiger partial charge in [0.05, 0.1) is 26.4 Å². The maximum Gasteiger partial charge on any atom is 0.341 e. The van der Waals surface area contributed by atoms with Crippen molar-refractivity contribution in [3.8, 4) is 5.75 Å². The lowest BCUT2D eigenvalue weighted by atomic mass is 10.2. The van der Waals surface area contributed by atoms with E-state index in [2.05, 4.69) is 0 Å². The summed E-state index contributed by atoms with van der Waals surface area (Å²) in [7, 11) is 0. The van der Waals surface area contributed by atoms with Crippen molar-refractivity contribution in [2.24, 2.45) is 0 Å². The van der Waals surface area contributed by atoms with E-state index in [1.54, 1.807) is 24.0 Å². The van der Waals surface area contributed by atoms with Crippen LogP contribution in [0, 0.1) is 0 Å². The fourth-order valence-corrected chi connectivity index (χ4v) is 1.61. The molecular weight excluding hydrogens is 290 g/mol. The van der Waals surface area contributed by atoms with E-state index in [0.717, 1.165) is 0 Å². The number of phenolic OH excluding ortho intramolecular Hbond substituents is 1. The summed E-state index contributed by atoms with van der Waals surface area (Å²) in [6.45, 7) is 3.79. The van der Waals surface area contributed by atoms with Gasteiger partial charge in [-0.05, 0) is 19.1 Å². The number of carbonyl (C=O) groups excluding carboxylic acids is 1. The van der Waals surface area contributed by atoms with Crippen molar-refractivity contribution in [3.63, 3.8) is 0 Å². The molecule has 0 atom stereocenters. The molecule has 0 heterocycles. The summed E-state index contributed by atoms with van der Waals surface area (Å²) in [4.78, 5) is 12.9. The summed E-state index contributed by atoms with van der Waals surface area (Å²) in [5.41, 5.74) is 0.208. The van der Waals surface area contributed by atoms with E-state index in [1.165, 1.54) is 12.1 Å². The summed E-state index contributed by atoms with van der Waals surface area (Å²) in [5, 5.41) is 34.7. The normalized spacial score (nSPS) is 10.0. The van der Waals surface area contributed by atoms with Crippen LogP contribution in [0.1, 0.15) is 17.3 Å². The standard InChI is InChI=1S/C9H10O3.C6H15NO3/c1-2-12-9(11)7-5-3-4-6-8(7)10;8-4-1-7(2-5-9)3-6-10/h3-6,10H,2H2,1H3;8-10H,1-6H2. The highest BCUT2D eigenvalue weighted by Crippen LogP contribution is 2.16. The molecule has 0 saturated heterocycles. The Morgan fingerprint density at radius 1 is 1.05 bits per heavy atom. The summed E-state index contributed by atoms with van der Waals surface area (Å²) in [6, 6.07) is 6.30. The van der Waals surface area contributed by atoms with Gasteiger partial charge >= 0.3 is 5.97 Å². The molecule has 0 aliphatic rings. The van der Waals surface area contributed by atoms with E-state index in [1.807, 2.05) is 0 Å². The first-order valence-electron chi connectivity index (χ1n) is 7.10. The first-order valence-corrected chi connectivity index (χ1v) is 7.10. The van der Waals surface area contributed by atoms with Crippen LogP contribution in [0.3, 0.4) is 0 Å². The predicted octanol–water partition coefficient (Wildman–Crippen LogP) is -0.166. The molecule has 126 valence electrons. The van der Waals surface area contributed by atoms with Crippen LogP contribution in [0.5, 0.6) is 5.75 Å². The Kier molecular flexibility index (Phi) is 12.0. The number of nitrogens with zero attached hydrogens (tertiary/aromatic N) is 1. The van der Waals surface area contributed by atoms with Gasteiger partial charge in [-0.25, -0.2) is 4.79 Å². The molecule has 0 aliphatic carbocycles. The molecule has 0 fully saturated rings. The minimum absolute atomic E-state index is 0.0454. The SMILES string of the molecule is CCOC(=O)c1ccccc1O.OCCN(CCO)CCO. The fraction of sp³-hybridized carbons (Fsp3) is 0.533. The lowest BCUT2D eigenvalue weighted by Gasteiger charge is -2.17. The molecule has 1 rings (SSSR count). The number of aromatic hydroxyl groups is 1. The Labute approximate surface area is 130 Å². The molecule has 0 unspecified atom stereocenters. The first-order chi connectivity index (χ1) is 10.6. The molecule has 0 aromatic heterocycles. The second-order valence-corrected chi connectivity index (χ2v) is 4.25. The van der Waals surface area contributed by atoms with Gasteiger partial charge in [-0.1, -0.05) is 12.1 Å². The van der Waals surface area contributed by atoms with Crippen LogP contribution in [-0.4, -0.2) is 77.4 Å². The molecule has 4 N–H and O–H groups in total. The minimum Gasteiger partial charge on any atom is -0.507 e. The van der Waals surface area contributed by atoms with Crippen molar-refractivity contribution in [1.82, 2.24) is 4.90 Å². The molecule has 0 radical (unpaired) electrons. The van der Waals surface area contributed by atoms with Gasteiger partial charge in [0.2, 0.25) is 0 Å². The molecule has 0 bridgehead atoms. The number of hydrogen-bond acceptors (Lipinski definition) is 7. The zero-order chi connectivity index (χ0) is 16.8. The third kappa shape index (κ3) is 8.58. The fourth-order valence-electron chi connectivity index (χ4n) is 1.61. The maximum atomic E-state index is 11.1. The van der Waals surface area contributed by atoms with Gasteiger partial charge in [0.15, 0.2) is 0 Å². The Balaban J connectivity index is 0.000000409. The second-order valence-electron chi connectivity index (χ2n) is 4.25. The lowest BCUT2D eigenvalue weighted by molar-refractivity contribution is 0.0523. The Bertz CT molecular complexity index is 399. The smallest absolute Gasteiger partial charge is 0.341 e. The molecule has 0 saturated carbocycles. The Hall–Kier alpha value is -1.67. The highest BCUT2D eigenvalue weighted by molar-refractivity contribution is 5.92. The van der Waals surface area contributed by atoms with E-state index < -0.39 is 5.97 Å². The Morgan fingerprint density at radius 2 is 1.55 bits per heavy atom. The number of benzene rings is 1. The molecule has 1 aromatic rings. The van der Waals surface area contributed by atoms with Crippen molar-refractivity contribution in [2.75, 3.05) is 46.1 Å². The number of ether oxygens (including phenoxy) is 1. The van der Waals surface area contributed by atoms with E-state index in [4.69, 9.17) is 20.1 Å². The van der Waals surface area contributed by atoms with Crippen LogP contribution in [0.25, 0.3) is 0 Å². The molecule has 7 nitrogen and oxygen atoms in total. The van der Waals surface area contributed by atoms with Crippen LogP contribution in [0.4, 0.5) is 0 Å². The van der Waals surface area contributed by atoms with Crippen molar-refractivity contribution in [1.29, 1.82) is 0 Å². The van der Waals surface area contributed by atoms with Crippen molar-refractivity contribution in [2.45, 2.75) is 6.92 Å². The topological polar surface area (TPSA) is 110 Å². The van der Waals surface area contributed by atoms with Gasteiger partial charge in [0.25, 0.3) is 0 Å². The molecule has 0 amide bonds. The monoisotopic (exact) mass is 315 g/mol. The van der Waals surface area contributed by atoms with E-state index in [0.29, 0.717) is 26.2 Å². The number of carbonyl (C=O) groups is 1. The van der Waals surface area contributed by atoms with Crippen LogP contribution in [-0.2, 0) is 4.74 Å². The van der Waals surface area contributed by atoms with Crippen LogP contribution in [0.2, 0.25) is 0 Å². The third-order valence-electron chi connectivity index (χ3n) is 2.65. The van der Waals surface area contributed by atoms with Gasteiger partial charge in [-0.15, -0.1) is 0 Å². The Morgan fingerprint density at radius 3 is 1.95 bits per heavy atom. The zero-order valence-corrected chi connectivity index (χ0v) is 12.8. The van der Waals surface area contributed by atoms with Gasteiger partial charge in [-0.3, -0.25) is 4.90 Å². The highest BCUT2D eigenvalue weighted by Gasteiger charge is 2.09. The summed E-state index contributed by atoms with van der Waals surface area (Å²) in [5.74, 6) is -0.536. The van der Waals surface area contributed by atoms with Gasteiger partial charge in [-0.2, -0.15) is 0 Å². The number of para-hydroxylation sites is 1. The second kappa shape index (κ2) is 13.0. The number of aliphatic hydroxyl groups is 3. The number of esters is 1. The summed E-state index contributed by atoms with van der Waals surface area (Å²) >= 11 is 0. The molecule has 7 heteroatoms. The molecule has 22 heavy (non-hydrogen) atoms. The number of rotatable bonds is 8. The quantitative estimate of drug-likeness (QED) is 0.493. The number of hydrogen-bond donors (Lipinski definition) is 4. The third-order valence-corrected chi connectivity index (χ3v) is 2.65. The van der Waals surface area contributed by atoms with Crippen molar-refractivity contribution >= 4 is 5.97 Å². The zero-order valence-electron chi connectivity index (χ0n) is 12.8. The average molecular weight is 315 g/mol. The van der Waals surface area contributed by atoms with Crippen molar-refractivity contribution in [3.05, 3.63) is 29.8 Å². The molecule has 1 aromatic carbocycles. The number of phenols is 1. The lowest BCUT2D eigenvalue weighted by Crippen LogP contribution is -2.32. The molecule has 0 aliphatic heterocycles.